The minimum absolute atomic E-state index is 0.0101. The summed E-state index contributed by atoms with van der Waals surface area (Å²) in [7, 11) is 4.42. The Hall–Kier alpha value is -3.62. The van der Waals surface area contributed by atoms with Gasteiger partial charge in [0.1, 0.15) is 11.5 Å². The van der Waals surface area contributed by atoms with E-state index >= 15 is 0 Å². The number of carbonyl (C=O) groups excluding carboxylic acids is 2. The van der Waals surface area contributed by atoms with Gasteiger partial charge in [0.25, 0.3) is 0 Å². The smallest absolute Gasteiger partial charge is 0.322 e. The number of methoxy groups -OCH3 is 3. The van der Waals surface area contributed by atoms with Crippen molar-refractivity contribution in [2.24, 2.45) is 0 Å². The standard InChI is InChI=1S/C25H32N2O7/c1-6-33-22-12-16-10-11-27(20(15-24(28)32-5)18(16)14-23(22)34-7-2)25(29)26-19-9-8-17(30-3)13-21(19)31-4/h8-9,12-14,20H,6-7,10-11,15H2,1-5H3,(H,26,29)/t20-/m0/s1. The summed E-state index contributed by atoms with van der Waals surface area (Å²) < 4.78 is 27.1. The molecule has 34 heavy (non-hydrogen) atoms. The number of nitrogens with zero attached hydrogens (tertiary/aromatic N) is 1. The van der Waals surface area contributed by atoms with E-state index in [-0.39, 0.29) is 12.5 Å². The van der Waals surface area contributed by atoms with Crippen molar-refractivity contribution >= 4 is 17.7 Å². The molecule has 1 N–H and O–H groups in total. The van der Waals surface area contributed by atoms with E-state index in [2.05, 4.69) is 5.32 Å². The molecule has 0 saturated carbocycles. The normalized spacial score (nSPS) is 14.6. The molecule has 0 aliphatic carbocycles. The Bertz CT molecular complexity index is 1020. The van der Waals surface area contributed by atoms with Crippen molar-refractivity contribution in [3.8, 4) is 23.0 Å². The van der Waals surface area contributed by atoms with E-state index in [9.17, 15) is 9.59 Å². The maximum Gasteiger partial charge on any atom is 0.322 e. The Kier molecular flexibility index (Phi) is 8.45. The number of ether oxygens (including phenoxy) is 5. The van der Waals surface area contributed by atoms with E-state index in [1.165, 1.54) is 14.2 Å². The van der Waals surface area contributed by atoms with Crippen LogP contribution in [0.15, 0.2) is 30.3 Å². The van der Waals surface area contributed by atoms with Gasteiger partial charge in [-0.05, 0) is 55.7 Å². The number of hydrogen-bond acceptors (Lipinski definition) is 7. The SMILES string of the molecule is CCOc1cc2c(cc1OCC)[C@H](CC(=O)OC)N(C(=O)Nc1ccc(OC)cc1OC)CC2. The molecule has 0 bridgehead atoms. The Morgan fingerprint density at radius 3 is 2.29 bits per heavy atom. The summed E-state index contributed by atoms with van der Waals surface area (Å²) in [5.41, 5.74) is 2.34. The molecule has 0 fully saturated rings. The number of esters is 1. The maximum atomic E-state index is 13.4. The number of urea groups is 1. The minimum Gasteiger partial charge on any atom is -0.497 e. The van der Waals surface area contributed by atoms with E-state index in [0.29, 0.717) is 54.9 Å². The third-order valence-corrected chi connectivity index (χ3v) is 5.66. The molecule has 2 aromatic carbocycles. The van der Waals surface area contributed by atoms with E-state index < -0.39 is 12.0 Å². The first-order chi connectivity index (χ1) is 16.4. The second-order valence-electron chi connectivity index (χ2n) is 7.60. The van der Waals surface area contributed by atoms with Gasteiger partial charge in [0.05, 0.1) is 52.7 Å². The van der Waals surface area contributed by atoms with E-state index in [4.69, 9.17) is 23.7 Å². The quantitative estimate of drug-likeness (QED) is 0.547. The fourth-order valence-electron chi connectivity index (χ4n) is 4.04. The lowest BCUT2D eigenvalue weighted by Crippen LogP contribution is -2.43. The number of anilines is 1. The number of hydrogen-bond donors (Lipinski definition) is 1. The van der Waals surface area contributed by atoms with Gasteiger partial charge in [-0.1, -0.05) is 0 Å². The molecule has 0 radical (unpaired) electrons. The fraction of sp³-hybridized carbons (Fsp3) is 0.440. The van der Waals surface area contributed by atoms with Crippen molar-refractivity contribution in [1.29, 1.82) is 0 Å². The minimum atomic E-state index is -0.532. The van der Waals surface area contributed by atoms with Gasteiger partial charge in [-0.25, -0.2) is 4.79 Å². The van der Waals surface area contributed by atoms with Crippen LogP contribution in [0.2, 0.25) is 0 Å². The number of amides is 2. The molecule has 1 heterocycles. The van der Waals surface area contributed by atoms with Crippen LogP contribution in [0.25, 0.3) is 0 Å². The zero-order valence-corrected chi connectivity index (χ0v) is 20.3. The third-order valence-electron chi connectivity index (χ3n) is 5.66. The van der Waals surface area contributed by atoms with Crippen LogP contribution in [-0.2, 0) is 16.0 Å². The zero-order chi connectivity index (χ0) is 24.7. The number of benzene rings is 2. The summed E-state index contributed by atoms with van der Waals surface area (Å²) in [6.45, 7) is 5.18. The summed E-state index contributed by atoms with van der Waals surface area (Å²) in [5, 5.41) is 2.90. The maximum absolute atomic E-state index is 13.4. The van der Waals surface area contributed by atoms with Crippen molar-refractivity contribution in [1.82, 2.24) is 4.90 Å². The summed E-state index contributed by atoms with van der Waals surface area (Å²) in [6, 6.07) is 8.06. The van der Waals surface area contributed by atoms with E-state index in [0.717, 1.165) is 11.1 Å². The topological polar surface area (TPSA) is 95.6 Å². The Balaban J connectivity index is 1.96. The van der Waals surface area contributed by atoms with Gasteiger partial charge in [0.2, 0.25) is 0 Å². The monoisotopic (exact) mass is 472 g/mol. The molecule has 184 valence electrons. The molecule has 9 heteroatoms. The molecule has 3 rings (SSSR count). The van der Waals surface area contributed by atoms with Crippen LogP contribution in [0.3, 0.4) is 0 Å². The highest BCUT2D eigenvalue weighted by molar-refractivity contribution is 5.92. The number of fused-ring (bicyclic) bond motifs is 1. The molecular formula is C25H32N2O7. The van der Waals surface area contributed by atoms with Crippen LogP contribution in [0, 0.1) is 0 Å². The number of nitrogens with one attached hydrogen (secondary N) is 1. The molecule has 1 aliphatic rings. The average molecular weight is 473 g/mol. The zero-order valence-electron chi connectivity index (χ0n) is 20.3. The highest BCUT2D eigenvalue weighted by Gasteiger charge is 2.34. The Morgan fingerprint density at radius 2 is 1.68 bits per heavy atom. The van der Waals surface area contributed by atoms with Crippen molar-refractivity contribution < 1.29 is 33.3 Å². The van der Waals surface area contributed by atoms with Gasteiger partial charge < -0.3 is 33.9 Å². The first kappa shape index (κ1) is 25.0. The third kappa shape index (κ3) is 5.47. The highest BCUT2D eigenvalue weighted by Crippen LogP contribution is 2.40. The predicted octanol–water partition coefficient (Wildman–Crippen LogP) is 4.20. The second kappa shape index (κ2) is 11.5. The first-order valence-corrected chi connectivity index (χ1v) is 11.2. The average Bonchev–Trinajstić information content (AvgIpc) is 2.85. The molecule has 0 unspecified atom stereocenters. The molecule has 1 atom stereocenters. The molecule has 2 aromatic rings. The van der Waals surface area contributed by atoms with Crippen molar-refractivity contribution in [2.75, 3.05) is 46.4 Å². The van der Waals surface area contributed by atoms with E-state index in [1.807, 2.05) is 26.0 Å². The molecule has 0 saturated heterocycles. The van der Waals surface area contributed by atoms with Crippen LogP contribution in [0.5, 0.6) is 23.0 Å². The fourth-order valence-corrected chi connectivity index (χ4v) is 4.04. The summed E-state index contributed by atoms with van der Waals surface area (Å²) in [4.78, 5) is 27.3. The largest absolute Gasteiger partial charge is 0.497 e. The molecule has 2 amide bonds. The van der Waals surface area contributed by atoms with Gasteiger partial charge >= 0.3 is 12.0 Å². The van der Waals surface area contributed by atoms with Gasteiger partial charge in [-0.2, -0.15) is 0 Å². The van der Waals surface area contributed by atoms with Crippen LogP contribution in [0.1, 0.15) is 37.4 Å². The van der Waals surface area contributed by atoms with Crippen molar-refractivity contribution in [3.63, 3.8) is 0 Å². The molecular weight excluding hydrogens is 440 g/mol. The number of carbonyl (C=O) groups is 2. The lowest BCUT2D eigenvalue weighted by molar-refractivity contribution is -0.141. The molecule has 9 nitrogen and oxygen atoms in total. The van der Waals surface area contributed by atoms with Gasteiger partial charge in [0.15, 0.2) is 11.5 Å². The lowest BCUT2D eigenvalue weighted by Gasteiger charge is -2.37. The van der Waals surface area contributed by atoms with E-state index in [1.54, 1.807) is 30.2 Å². The van der Waals surface area contributed by atoms with Gasteiger partial charge in [0, 0.05) is 12.6 Å². The van der Waals surface area contributed by atoms with Crippen molar-refractivity contribution in [3.05, 3.63) is 41.5 Å². The Morgan fingerprint density at radius 1 is 0.971 bits per heavy atom. The Labute approximate surface area is 199 Å². The predicted molar refractivity (Wildman–Crippen MR) is 127 cm³/mol. The van der Waals surface area contributed by atoms with Crippen LogP contribution < -0.4 is 24.3 Å². The number of rotatable bonds is 9. The van der Waals surface area contributed by atoms with Crippen molar-refractivity contribution in [2.45, 2.75) is 32.7 Å². The highest BCUT2D eigenvalue weighted by atomic mass is 16.5. The van der Waals surface area contributed by atoms with Gasteiger partial charge in [-0.15, -0.1) is 0 Å². The second-order valence-corrected chi connectivity index (χ2v) is 7.60. The molecule has 0 spiro atoms. The summed E-state index contributed by atoms with van der Waals surface area (Å²) in [5.74, 6) is 1.90. The first-order valence-electron chi connectivity index (χ1n) is 11.2. The summed E-state index contributed by atoms with van der Waals surface area (Å²) >= 11 is 0. The molecule has 0 aromatic heterocycles. The van der Waals surface area contributed by atoms with Gasteiger partial charge in [-0.3, -0.25) is 4.79 Å². The van der Waals surface area contributed by atoms with Crippen LogP contribution in [-0.4, -0.2) is 58.0 Å². The van der Waals surface area contributed by atoms with Crippen LogP contribution in [0.4, 0.5) is 10.5 Å². The summed E-state index contributed by atoms with van der Waals surface area (Å²) in [6.07, 6.45) is 0.614. The lowest BCUT2D eigenvalue weighted by atomic mass is 9.90. The molecule has 1 aliphatic heterocycles. The van der Waals surface area contributed by atoms with Crippen LogP contribution >= 0.6 is 0 Å².